The van der Waals surface area contributed by atoms with Gasteiger partial charge in [-0.1, -0.05) is 6.58 Å². The van der Waals surface area contributed by atoms with E-state index in [0.29, 0.717) is 0 Å². The van der Waals surface area contributed by atoms with Gasteiger partial charge in [0.25, 0.3) is 0 Å². The van der Waals surface area contributed by atoms with Gasteiger partial charge in [0.1, 0.15) is 0 Å². The van der Waals surface area contributed by atoms with Crippen LogP contribution in [0.15, 0.2) is 19.0 Å². The number of rotatable bonds is 1. The maximum atomic E-state index is 3.76. The minimum atomic E-state index is 1.04. The number of hydrogen-bond donors (Lipinski definition) is 1. The second-order valence-electron chi connectivity index (χ2n) is 1.77. The molecule has 1 rings (SSSR count). The van der Waals surface area contributed by atoms with Crippen LogP contribution in [-0.4, -0.2) is 10.2 Å². The van der Waals surface area contributed by atoms with Crippen LogP contribution < -0.4 is 0 Å². The van der Waals surface area contributed by atoms with Gasteiger partial charge in [-0.05, 0) is 12.5 Å². The third kappa shape index (κ3) is 0.780. The van der Waals surface area contributed by atoms with Gasteiger partial charge >= 0.3 is 0 Å². The second-order valence-corrected chi connectivity index (χ2v) is 1.77. The largest absolute Gasteiger partial charge is 0.285 e. The van der Waals surface area contributed by atoms with Crippen LogP contribution in [0.2, 0.25) is 0 Å². The summed E-state index contributed by atoms with van der Waals surface area (Å²) in [7, 11) is 0. The Balaban J connectivity index is 2.93. The van der Waals surface area contributed by atoms with Crippen molar-refractivity contribution < 1.29 is 0 Å². The van der Waals surface area contributed by atoms with Crippen LogP contribution in [0.5, 0.6) is 0 Å². The molecule has 0 spiro atoms. The molecule has 1 N–H and O–H groups in total. The predicted octanol–water partition coefficient (Wildman–Crippen LogP) is 1.44. The van der Waals surface area contributed by atoms with E-state index >= 15 is 0 Å². The van der Waals surface area contributed by atoms with E-state index < -0.39 is 0 Å². The molecule has 0 aliphatic carbocycles. The van der Waals surface area contributed by atoms with Crippen LogP contribution >= 0.6 is 0 Å². The van der Waals surface area contributed by atoms with Gasteiger partial charge in [0.2, 0.25) is 0 Å². The molecule has 0 saturated heterocycles. The first kappa shape index (κ1) is 5.09. The zero-order valence-electron chi connectivity index (χ0n) is 4.81. The molecule has 0 saturated carbocycles. The average Bonchev–Trinajstić information content (AvgIpc) is 2.12. The zero-order chi connectivity index (χ0) is 5.98. The van der Waals surface area contributed by atoms with Crippen LogP contribution in [0.25, 0.3) is 5.57 Å². The van der Waals surface area contributed by atoms with E-state index in [9.17, 15) is 0 Å². The lowest BCUT2D eigenvalue weighted by Gasteiger charge is -1.85. The topological polar surface area (TPSA) is 28.7 Å². The Morgan fingerprint density at radius 3 is 2.88 bits per heavy atom. The molecule has 0 radical (unpaired) electrons. The summed E-state index contributed by atoms with van der Waals surface area (Å²) in [5.74, 6) is 0. The van der Waals surface area contributed by atoms with Crippen LogP contribution in [0, 0.1) is 0 Å². The van der Waals surface area contributed by atoms with Crippen molar-refractivity contribution in [1.29, 1.82) is 0 Å². The number of aromatic amines is 1. The van der Waals surface area contributed by atoms with Crippen molar-refractivity contribution in [1.82, 2.24) is 10.2 Å². The highest BCUT2D eigenvalue weighted by molar-refractivity contribution is 5.59. The fraction of sp³-hybridized carbons (Fsp3) is 0.167. The lowest BCUT2D eigenvalue weighted by atomic mass is 10.2. The Labute approximate surface area is 48.2 Å². The number of H-pyrrole nitrogens is 1. The van der Waals surface area contributed by atoms with Gasteiger partial charge in [-0.15, -0.1) is 0 Å². The summed E-state index contributed by atoms with van der Waals surface area (Å²) in [6.07, 6.45) is 3.57. The number of nitrogens with one attached hydrogen (secondary N) is 1. The predicted molar refractivity (Wildman–Crippen MR) is 33.3 cm³/mol. The minimum Gasteiger partial charge on any atom is -0.285 e. The van der Waals surface area contributed by atoms with Gasteiger partial charge in [0.15, 0.2) is 0 Å². The number of allylic oxidation sites excluding steroid dienone is 1. The molecule has 0 aliphatic heterocycles. The Hall–Kier alpha value is -1.05. The van der Waals surface area contributed by atoms with E-state index in [1.165, 1.54) is 0 Å². The molecule has 2 nitrogen and oxygen atoms in total. The molecule has 42 valence electrons. The summed E-state index contributed by atoms with van der Waals surface area (Å²) in [5.41, 5.74) is 2.11. The van der Waals surface area contributed by atoms with Gasteiger partial charge in [0.05, 0.1) is 6.20 Å². The maximum Gasteiger partial charge on any atom is 0.0562 e. The SMILES string of the molecule is C=C(C)c1cn[nH]c1. The summed E-state index contributed by atoms with van der Waals surface area (Å²) < 4.78 is 0. The molecule has 1 heterocycles. The third-order valence-electron chi connectivity index (χ3n) is 0.991. The lowest BCUT2D eigenvalue weighted by Crippen LogP contribution is -1.66. The highest BCUT2D eigenvalue weighted by Gasteiger charge is 1.89. The third-order valence-corrected chi connectivity index (χ3v) is 0.991. The van der Waals surface area contributed by atoms with Crippen molar-refractivity contribution in [3.05, 3.63) is 24.5 Å². The van der Waals surface area contributed by atoms with E-state index in [-0.39, 0.29) is 0 Å². The van der Waals surface area contributed by atoms with Crippen LogP contribution in [0.4, 0.5) is 0 Å². The highest BCUT2D eigenvalue weighted by Crippen LogP contribution is 2.05. The molecule has 0 atom stereocenters. The van der Waals surface area contributed by atoms with Crippen LogP contribution in [0.1, 0.15) is 12.5 Å². The second kappa shape index (κ2) is 1.82. The number of hydrogen-bond acceptors (Lipinski definition) is 1. The monoisotopic (exact) mass is 108 g/mol. The van der Waals surface area contributed by atoms with Gasteiger partial charge in [-0.3, -0.25) is 5.10 Å². The molecule has 0 fully saturated rings. The molecule has 0 bridgehead atoms. The van der Waals surface area contributed by atoms with E-state index in [4.69, 9.17) is 0 Å². The summed E-state index contributed by atoms with van der Waals surface area (Å²) in [4.78, 5) is 0. The lowest BCUT2D eigenvalue weighted by molar-refractivity contribution is 1.09. The van der Waals surface area contributed by atoms with E-state index in [0.717, 1.165) is 11.1 Å². The molecular formula is C6H8N2. The van der Waals surface area contributed by atoms with E-state index in [1.807, 2.05) is 13.1 Å². The van der Waals surface area contributed by atoms with Gasteiger partial charge < -0.3 is 0 Å². The Morgan fingerprint density at radius 1 is 1.88 bits per heavy atom. The van der Waals surface area contributed by atoms with Crippen molar-refractivity contribution in [2.75, 3.05) is 0 Å². The van der Waals surface area contributed by atoms with Crippen molar-refractivity contribution in [2.45, 2.75) is 6.92 Å². The smallest absolute Gasteiger partial charge is 0.0562 e. The van der Waals surface area contributed by atoms with Crippen molar-refractivity contribution in [3.63, 3.8) is 0 Å². The summed E-state index contributed by atoms with van der Waals surface area (Å²) in [5, 5.41) is 6.46. The van der Waals surface area contributed by atoms with Gasteiger partial charge in [0, 0.05) is 11.8 Å². The summed E-state index contributed by atoms with van der Waals surface area (Å²) >= 11 is 0. The Bertz CT molecular complexity index is 174. The fourth-order valence-corrected chi connectivity index (χ4v) is 0.484. The van der Waals surface area contributed by atoms with E-state index in [1.54, 1.807) is 6.20 Å². The quantitative estimate of drug-likeness (QED) is 0.579. The first-order chi connectivity index (χ1) is 3.80. The normalized spacial score (nSPS) is 9.12. The molecule has 0 amide bonds. The van der Waals surface area contributed by atoms with Crippen LogP contribution in [-0.2, 0) is 0 Å². The number of nitrogens with zero attached hydrogens (tertiary/aromatic N) is 1. The molecule has 0 aromatic carbocycles. The first-order valence-electron chi connectivity index (χ1n) is 2.45. The minimum absolute atomic E-state index is 1.04. The standard InChI is InChI=1S/C6H8N2/c1-5(2)6-3-7-8-4-6/h3-4H,1H2,2H3,(H,7,8). The molecule has 2 heteroatoms. The maximum absolute atomic E-state index is 3.76. The van der Waals surface area contributed by atoms with E-state index in [2.05, 4.69) is 16.8 Å². The highest BCUT2D eigenvalue weighted by atomic mass is 15.1. The zero-order valence-corrected chi connectivity index (χ0v) is 4.81. The fourth-order valence-electron chi connectivity index (χ4n) is 0.484. The number of aromatic nitrogens is 2. The molecule has 8 heavy (non-hydrogen) atoms. The van der Waals surface area contributed by atoms with Gasteiger partial charge in [-0.25, -0.2) is 0 Å². The van der Waals surface area contributed by atoms with Crippen molar-refractivity contribution in [3.8, 4) is 0 Å². The first-order valence-corrected chi connectivity index (χ1v) is 2.45. The Morgan fingerprint density at radius 2 is 2.62 bits per heavy atom. The molecule has 0 unspecified atom stereocenters. The molecule has 0 aliphatic rings. The molecule has 1 aromatic rings. The summed E-state index contributed by atoms with van der Waals surface area (Å²) in [6.45, 7) is 5.69. The van der Waals surface area contributed by atoms with Crippen LogP contribution in [0.3, 0.4) is 0 Å². The molecular weight excluding hydrogens is 100 g/mol. The Kier molecular flexibility index (Phi) is 1.16. The summed E-state index contributed by atoms with van der Waals surface area (Å²) in [6, 6.07) is 0. The average molecular weight is 108 g/mol. The van der Waals surface area contributed by atoms with Crippen molar-refractivity contribution in [2.24, 2.45) is 0 Å². The van der Waals surface area contributed by atoms with Gasteiger partial charge in [-0.2, -0.15) is 5.10 Å². The molecule has 1 aromatic heterocycles. The van der Waals surface area contributed by atoms with Crippen molar-refractivity contribution >= 4 is 5.57 Å².